The average molecular weight is 303 g/mol. The summed E-state index contributed by atoms with van der Waals surface area (Å²) in [5, 5.41) is 3.21. The normalized spacial score (nSPS) is 14.2. The smallest absolute Gasteiger partial charge is 0.326 e. The quantitative estimate of drug-likeness (QED) is 0.418. The van der Waals surface area contributed by atoms with Crippen LogP contribution < -0.4 is 5.32 Å². The van der Waals surface area contributed by atoms with Crippen molar-refractivity contribution in [3.8, 4) is 0 Å². The van der Waals surface area contributed by atoms with E-state index >= 15 is 0 Å². The Kier molecular flexibility index (Phi) is 11.6. The molecule has 0 saturated carbocycles. The number of hydrogen-bond donors (Lipinski definition) is 1. The van der Waals surface area contributed by atoms with Crippen molar-refractivity contribution in [3.05, 3.63) is 0 Å². The molecule has 126 valence electrons. The van der Waals surface area contributed by atoms with E-state index in [-0.39, 0.29) is 5.97 Å². The van der Waals surface area contributed by atoms with Gasteiger partial charge in [-0.1, -0.05) is 20.8 Å². The molecule has 0 aromatic heterocycles. The van der Waals surface area contributed by atoms with E-state index < -0.39 is 5.54 Å². The highest BCUT2D eigenvalue weighted by molar-refractivity contribution is 5.80. The number of likely N-dealkylation sites (N-methyl/N-ethyl adjacent to an activating group) is 1. The Bertz CT molecular complexity index is 271. The largest absolute Gasteiger partial charge is 0.465 e. The summed E-state index contributed by atoms with van der Waals surface area (Å²) in [6, 6.07) is 0. The minimum Gasteiger partial charge on any atom is -0.465 e. The molecule has 0 spiro atoms. The van der Waals surface area contributed by atoms with Gasteiger partial charge in [-0.15, -0.1) is 0 Å². The van der Waals surface area contributed by atoms with Crippen LogP contribution in [0.1, 0.15) is 47.5 Å². The third kappa shape index (κ3) is 9.82. The maximum absolute atomic E-state index is 12.0. The fourth-order valence-electron chi connectivity index (χ4n) is 2.01. The maximum atomic E-state index is 12.0. The summed E-state index contributed by atoms with van der Waals surface area (Å²) < 4.78 is 16.1. The van der Waals surface area contributed by atoms with Gasteiger partial charge in [0.1, 0.15) is 5.54 Å². The zero-order valence-corrected chi connectivity index (χ0v) is 14.4. The summed E-state index contributed by atoms with van der Waals surface area (Å²) in [7, 11) is 0. The first-order valence-corrected chi connectivity index (χ1v) is 8.04. The molecule has 0 saturated heterocycles. The predicted molar refractivity (Wildman–Crippen MR) is 84.4 cm³/mol. The number of carbonyl (C=O) groups is 1. The van der Waals surface area contributed by atoms with Crippen molar-refractivity contribution in [2.45, 2.75) is 53.0 Å². The van der Waals surface area contributed by atoms with Crippen molar-refractivity contribution >= 4 is 5.97 Å². The van der Waals surface area contributed by atoms with Crippen molar-refractivity contribution in [2.24, 2.45) is 5.92 Å². The predicted octanol–water partition coefficient (Wildman–Crippen LogP) is 2.39. The molecule has 0 aliphatic carbocycles. The van der Waals surface area contributed by atoms with Crippen LogP contribution in [0.2, 0.25) is 0 Å². The molecule has 0 aliphatic rings. The van der Waals surface area contributed by atoms with E-state index in [4.69, 9.17) is 14.2 Å². The van der Waals surface area contributed by atoms with E-state index in [0.717, 1.165) is 19.6 Å². The van der Waals surface area contributed by atoms with Gasteiger partial charge in [-0.25, -0.2) is 0 Å². The highest BCUT2D eigenvalue weighted by Crippen LogP contribution is 2.14. The Morgan fingerprint density at radius 3 is 2.38 bits per heavy atom. The zero-order chi connectivity index (χ0) is 16.1. The molecule has 1 N–H and O–H groups in total. The van der Waals surface area contributed by atoms with Gasteiger partial charge in [0.15, 0.2) is 0 Å². The Morgan fingerprint density at radius 1 is 1.14 bits per heavy atom. The molecular formula is C16H33NO4. The Morgan fingerprint density at radius 2 is 1.81 bits per heavy atom. The molecular weight excluding hydrogens is 270 g/mol. The summed E-state index contributed by atoms with van der Waals surface area (Å²) in [5.74, 6) is 0.363. The van der Waals surface area contributed by atoms with E-state index in [2.05, 4.69) is 19.2 Å². The Balaban J connectivity index is 3.81. The molecule has 0 radical (unpaired) electrons. The second kappa shape index (κ2) is 12.0. The molecule has 0 amide bonds. The molecule has 5 nitrogen and oxygen atoms in total. The molecule has 1 atom stereocenters. The molecule has 0 aromatic carbocycles. The minimum atomic E-state index is -0.623. The van der Waals surface area contributed by atoms with Crippen molar-refractivity contribution in [1.82, 2.24) is 5.32 Å². The molecule has 0 aromatic rings. The van der Waals surface area contributed by atoms with Crippen LogP contribution in [0.15, 0.2) is 0 Å². The summed E-state index contributed by atoms with van der Waals surface area (Å²) in [6.07, 6.45) is 1.51. The molecule has 1 unspecified atom stereocenters. The highest BCUT2D eigenvalue weighted by Gasteiger charge is 2.32. The highest BCUT2D eigenvalue weighted by atomic mass is 16.5. The van der Waals surface area contributed by atoms with E-state index in [1.807, 2.05) is 20.8 Å². The first-order valence-electron chi connectivity index (χ1n) is 8.04. The van der Waals surface area contributed by atoms with E-state index in [1.165, 1.54) is 0 Å². The van der Waals surface area contributed by atoms with Gasteiger partial charge < -0.3 is 19.5 Å². The summed E-state index contributed by atoms with van der Waals surface area (Å²) in [5.41, 5.74) is -0.623. The number of hydrogen-bond acceptors (Lipinski definition) is 5. The first kappa shape index (κ1) is 20.3. The molecule has 0 heterocycles. The molecule has 21 heavy (non-hydrogen) atoms. The van der Waals surface area contributed by atoms with Gasteiger partial charge in [0.25, 0.3) is 0 Å². The van der Waals surface area contributed by atoms with Crippen LogP contribution in [0.5, 0.6) is 0 Å². The number of esters is 1. The summed E-state index contributed by atoms with van der Waals surface area (Å²) >= 11 is 0. The second-order valence-electron chi connectivity index (χ2n) is 5.77. The molecule has 0 rings (SSSR count). The van der Waals surface area contributed by atoms with Crippen LogP contribution in [0, 0.1) is 5.92 Å². The lowest BCUT2D eigenvalue weighted by Gasteiger charge is -2.28. The van der Waals surface area contributed by atoms with E-state index in [9.17, 15) is 4.79 Å². The van der Waals surface area contributed by atoms with Crippen LogP contribution >= 0.6 is 0 Å². The lowest BCUT2D eigenvalue weighted by Crippen LogP contribution is -2.50. The van der Waals surface area contributed by atoms with Crippen molar-refractivity contribution in [1.29, 1.82) is 0 Å². The van der Waals surface area contributed by atoms with Crippen molar-refractivity contribution in [3.63, 3.8) is 0 Å². The van der Waals surface area contributed by atoms with Gasteiger partial charge in [-0.3, -0.25) is 4.79 Å². The van der Waals surface area contributed by atoms with Crippen molar-refractivity contribution < 1.29 is 19.0 Å². The fraction of sp³-hybridized carbons (Fsp3) is 0.938. The zero-order valence-electron chi connectivity index (χ0n) is 14.4. The number of nitrogens with one attached hydrogen (secondary N) is 1. The van der Waals surface area contributed by atoms with Gasteiger partial charge in [-0.2, -0.15) is 0 Å². The van der Waals surface area contributed by atoms with Crippen LogP contribution in [0.3, 0.4) is 0 Å². The van der Waals surface area contributed by atoms with Crippen molar-refractivity contribution in [2.75, 3.05) is 39.6 Å². The number of rotatable bonds is 13. The number of ether oxygens (including phenoxy) is 3. The Hall–Kier alpha value is -0.650. The van der Waals surface area contributed by atoms with Crippen LogP contribution in [0.25, 0.3) is 0 Å². The van der Waals surface area contributed by atoms with Gasteiger partial charge in [0.05, 0.1) is 19.8 Å². The Labute approximate surface area is 129 Å². The third-order valence-corrected chi connectivity index (χ3v) is 3.08. The van der Waals surface area contributed by atoms with Crippen LogP contribution in [-0.2, 0) is 19.0 Å². The third-order valence-electron chi connectivity index (χ3n) is 3.08. The monoisotopic (exact) mass is 303 g/mol. The topological polar surface area (TPSA) is 56.8 Å². The fourth-order valence-corrected chi connectivity index (χ4v) is 2.01. The average Bonchev–Trinajstić information content (AvgIpc) is 2.42. The minimum absolute atomic E-state index is 0.188. The first-order chi connectivity index (χ1) is 9.96. The number of carbonyl (C=O) groups excluding carboxylic acids is 1. The van der Waals surface area contributed by atoms with Gasteiger partial charge in [-0.05, 0) is 39.2 Å². The standard InChI is InChI=1S/C16H33NO4/c1-6-17-16(5,15(18)21-7-2)9-8-10-19-11-12-20-13-14(3)4/h14,17H,6-13H2,1-5H3. The van der Waals surface area contributed by atoms with Gasteiger partial charge in [0.2, 0.25) is 0 Å². The summed E-state index contributed by atoms with van der Waals surface area (Å²) in [6.45, 7) is 13.7. The molecule has 0 aliphatic heterocycles. The van der Waals surface area contributed by atoms with Gasteiger partial charge in [0, 0.05) is 13.2 Å². The van der Waals surface area contributed by atoms with Crippen LogP contribution in [-0.4, -0.2) is 51.1 Å². The lowest BCUT2D eigenvalue weighted by molar-refractivity contribution is -0.151. The summed E-state index contributed by atoms with van der Waals surface area (Å²) in [4.78, 5) is 12.0. The van der Waals surface area contributed by atoms with E-state index in [0.29, 0.717) is 38.8 Å². The van der Waals surface area contributed by atoms with Gasteiger partial charge >= 0.3 is 5.97 Å². The molecule has 5 heteroatoms. The molecule has 0 fully saturated rings. The lowest BCUT2D eigenvalue weighted by atomic mass is 9.96. The molecule has 0 bridgehead atoms. The SMILES string of the molecule is CCNC(C)(CCCOCCOCC(C)C)C(=O)OCC. The van der Waals surface area contributed by atoms with Crippen LogP contribution in [0.4, 0.5) is 0 Å². The maximum Gasteiger partial charge on any atom is 0.326 e. The second-order valence-corrected chi connectivity index (χ2v) is 5.77. The van der Waals surface area contributed by atoms with E-state index in [1.54, 1.807) is 0 Å².